The molecule has 1 fully saturated rings. The predicted octanol–water partition coefficient (Wildman–Crippen LogP) is 2.57. The van der Waals surface area contributed by atoms with Gasteiger partial charge in [0.2, 0.25) is 5.91 Å². The molecule has 4 nitrogen and oxygen atoms in total. The van der Waals surface area contributed by atoms with Gasteiger partial charge in [0.15, 0.2) is 0 Å². The molecule has 0 radical (unpaired) electrons. The standard InChI is InChI=1S/C17H26N2O2/c1-4-13(2)19(11-12-21-3)16(20)17(9-10-17)14-5-7-15(18)8-6-14/h5-8,13H,4,9-12,18H2,1-3H3. The van der Waals surface area contributed by atoms with Crippen molar-refractivity contribution in [2.24, 2.45) is 0 Å². The normalized spacial score (nSPS) is 17.3. The topological polar surface area (TPSA) is 55.6 Å². The van der Waals surface area contributed by atoms with Crippen molar-refractivity contribution in [1.82, 2.24) is 4.90 Å². The lowest BCUT2D eigenvalue weighted by Crippen LogP contribution is -2.46. The Hall–Kier alpha value is -1.55. The molecule has 1 atom stereocenters. The first-order valence-electron chi connectivity index (χ1n) is 7.71. The quantitative estimate of drug-likeness (QED) is 0.785. The zero-order chi connectivity index (χ0) is 15.5. The number of carbonyl (C=O) groups excluding carboxylic acids is 1. The van der Waals surface area contributed by atoms with Gasteiger partial charge in [-0.3, -0.25) is 4.79 Å². The highest BCUT2D eigenvalue weighted by Crippen LogP contribution is 2.50. The van der Waals surface area contributed by atoms with Crippen LogP contribution in [0.4, 0.5) is 5.69 Å². The molecule has 4 heteroatoms. The number of hydrogen-bond donors (Lipinski definition) is 1. The summed E-state index contributed by atoms with van der Waals surface area (Å²) in [5.74, 6) is 0.235. The number of methoxy groups -OCH3 is 1. The third-order valence-corrected chi connectivity index (χ3v) is 4.54. The van der Waals surface area contributed by atoms with Crippen LogP contribution in [0.3, 0.4) is 0 Å². The highest BCUT2D eigenvalue weighted by molar-refractivity contribution is 5.91. The number of carbonyl (C=O) groups is 1. The fourth-order valence-electron chi connectivity index (χ4n) is 2.76. The maximum atomic E-state index is 13.1. The van der Waals surface area contributed by atoms with Crippen molar-refractivity contribution in [2.75, 3.05) is 26.0 Å². The minimum absolute atomic E-state index is 0.235. The number of ether oxygens (including phenoxy) is 1. The largest absolute Gasteiger partial charge is 0.399 e. The lowest BCUT2D eigenvalue weighted by molar-refractivity contribution is -0.136. The SMILES string of the molecule is CCC(C)N(CCOC)C(=O)C1(c2ccc(N)cc2)CC1. The molecular formula is C17H26N2O2. The summed E-state index contributed by atoms with van der Waals surface area (Å²) in [6.07, 6.45) is 2.80. The molecule has 1 unspecified atom stereocenters. The third kappa shape index (κ3) is 3.21. The van der Waals surface area contributed by atoms with E-state index < -0.39 is 0 Å². The summed E-state index contributed by atoms with van der Waals surface area (Å²) in [5, 5.41) is 0. The van der Waals surface area contributed by atoms with Crippen molar-refractivity contribution >= 4 is 11.6 Å². The molecule has 0 saturated heterocycles. The molecule has 21 heavy (non-hydrogen) atoms. The van der Waals surface area contributed by atoms with Crippen LogP contribution in [-0.2, 0) is 14.9 Å². The fraction of sp³-hybridized carbons (Fsp3) is 0.588. The van der Waals surface area contributed by atoms with Gasteiger partial charge in [-0.2, -0.15) is 0 Å². The second-order valence-electron chi connectivity index (χ2n) is 5.95. The van der Waals surface area contributed by atoms with Crippen molar-refractivity contribution < 1.29 is 9.53 Å². The number of nitrogens with two attached hydrogens (primary N) is 1. The van der Waals surface area contributed by atoms with Crippen molar-refractivity contribution in [3.8, 4) is 0 Å². The van der Waals surface area contributed by atoms with E-state index in [2.05, 4.69) is 13.8 Å². The number of rotatable bonds is 7. The van der Waals surface area contributed by atoms with Crippen molar-refractivity contribution in [3.05, 3.63) is 29.8 Å². The first-order chi connectivity index (χ1) is 10.0. The van der Waals surface area contributed by atoms with Crippen LogP contribution in [0.25, 0.3) is 0 Å². The first kappa shape index (κ1) is 15.8. The molecule has 0 aliphatic heterocycles. The monoisotopic (exact) mass is 290 g/mol. The lowest BCUT2D eigenvalue weighted by Gasteiger charge is -2.32. The third-order valence-electron chi connectivity index (χ3n) is 4.54. The predicted molar refractivity (Wildman–Crippen MR) is 85.1 cm³/mol. The molecule has 1 aromatic rings. The van der Waals surface area contributed by atoms with Crippen LogP contribution in [0.2, 0.25) is 0 Å². The number of nitrogens with zero attached hydrogens (tertiary/aromatic N) is 1. The summed E-state index contributed by atoms with van der Waals surface area (Å²) in [4.78, 5) is 15.0. The molecule has 1 aliphatic rings. The summed E-state index contributed by atoms with van der Waals surface area (Å²) >= 11 is 0. The average Bonchev–Trinajstić information content (AvgIpc) is 3.29. The van der Waals surface area contributed by atoms with Crippen LogP contribution in [0.5, 0.6) is 0 Å². The summed E-state index contributed by atoms with van der Waals surface area (Å²) in [6, 6.07) is 7.98. The summed E-state index contributed by atoms with van der Waals surface area (Å²) in [5.41, 5.74) is 7.25. The molecule has 116 valence electrons. The maximum Gasteiger partial charge on any atom is 0.233 e. The maximum absolute atomic E-state index is 13.1. The summed E-state index contributed by atoms with van der Waals surface area (Å²) in [6.45, 7) is 5.45. The van der Waals surface area contributed by atoms with E-state index in [1.54, 1.807) is 7.11 Å². The van der Waals surface area contributed by atoms with E-state index >= 15 is 0 Å². The number of hydrogen-bond acceptors (Lipinski definition) is 3. The fourth-order valence-corrected chi connectivity index (χ4v) is 2.76. The molecule has 0 aromatic heterocycles. The van der Waals surface area contributed by atoms with E-state index in [0.717, 1.165) is 30.5 Å². The highest BCUT2D eigenvalue weighted by Gasteiger charge is 2.53. The minimum atomic E-state index is -0.329. The first-order valence-corrected chi connectivity index (χ1v) is 7.71. The van der Waals surface area contributed by atoms with Gasteiger partial charge >= 0.3 is 0 Å². The highest BCUT2D eigenvalue weighted by atomic mass is 16.5. The zero-order valence-corrected chi connectivity index (χ0v) is 13.3. The van der Waals surface area contributed by atoms with Gasteiger partial charge in [0.1, 0.15) is 0 Å². The Bertz CT molecular complexity index is 480. The molecule has 1 saturated carbocycles. The second-order valence-corrected chi connectivity index (χ2v) is 5.95. The second kappa shape index (κ2) is 6.48. The Labute approximate surface area is 127 Å². The molecule has 0 bridgehead atoms. The van der Waals surface area contributed by atoms with Gasteiger partial charge in [0.05, 0.1) is 12.0 Å². The lowest BCUT2D eigenvalue weighted by atomic mass is 9.93. The molecule has 1 amide bonds. The molecule has 1 aromatic carbocycles. The van der Waals surface area contributed by atoms with Crippen LogP contribution in [0.1, 0.15) is 38.7 Å². The van der Waals surface area contributed by atoms with Gasteiger partial charge in [-0.05, 0) is 43.9 Å². The van der Waals surface area contributed by atoms with Crippen molar-refractivity contribution in [3.63, 3.8) is 0 Å². The molecule has 1 aliphatic carbocycles. The van der Waals surface area contributed by atoms with Crippen LogP contribution in [0.15, 0.2) is 24.3 Å². The Morgan fingerprint density at radius 1 is 1.38 bits per heavy atom. The average molecular weight is 290 g/mol. The Morgan fingerprint density at radius 3 is 2.48 bits per heavy atom. The summed E-state index contributed by atoms with van der Waals surface area (Å²) < 4.78 is 5.16. The van der Waals surface area contributed by atoms with Gasteiger partial charge in [-0.15, -0.1) is 0 Å². The van der Waals surface area contributed by atoms with E-state index in [1.165, 1.54) is 0 Å². The van der Waals surface area contributed by atoms with Gasteiger partial charge in [0, 0.05) is 25.4 Å². The van der Waals surface area contributed by atoms with Gasteiger partial charge < -0.3 is 15.4 Å². The molecule has 0 spiro atoms. The number of amides is 1. The van der Waals surface area contributed by atoms with Crippen molar-refractivity contribution in [2.45, 2.75) is 44.6 Å². The molecular weight excluding hydrogens is 264 g/mol. The van der Waals surface area contributed by atoms with Crippen LogP contribution >= 0.6 is 0 Å². The van der Waals surface area contributed by atoms with E-state index in [1.807, 2.05) is 29.2 Å². The van der Waals surface area contributed by atoms with E-state index in [4.69, 9.17) is 10.5 Å². The van der Waals surface area contributed by atoms with Gasteiger partial charge in [-0.25, -0.2) is 0 Å². The van der Waals surface area contributed by atoms with Gasteiger partial charge in [-0.1, -0.05) is 19.1 Å². The van der Waals surface area contributed by atoms with E-state index in [-0.39, 0.29) is 17.4 Å². The van der Waals surface area contributed by atoms with Crippen LogP contribution in [-0.4, -0.2) is 37.1 Å². The summed E-state index contributed by atoms with van der Waals surface area (Å²) in [7, 11) is 1.67. The molecule has 2 N–H and O–H groups in total. The van der Waals surface area contributed by atoms with Gasteiger partial charge in [0.25, 0.3) is 0 Å². The van der Waals surface area contributed by atoms with E-state index in [0.29, 0.717) is 13.2 Å². The van der Waals surface area contributed by atoms with Crippen LogP contribution in [0, 0.1) is 0 Å². The van der Waals surface area contributed by atoms with E-state index in [9.17, 15) is 4.79 Å². The van der Waals surface area contributed by atoms with Crippen LogP contribution < -0.4 is 5.73 Å². The Kier molecular flexibility index (Phi) is 4.88. The molecule has 0 heterocycles. The molecule has 2 rings (SSSR count). The number of nitrogen functional groups attached to an aromatic ring is 1. The number of anilines is 1. The smallest absolute Gasteiger partial charge is 0.233 e. The Balaban J connectivity index is 2.21. The number of benzene rings is 1. The van der Waals surface area contributed by atoms with Crippen molar-refractivity contribution in [1.29, 1.82) is 0 Å². The minimum Gasteiger partial charge on any atom is -0.399 e. The zero-order valence-electron chi connectivity index (χ0n) is 13.3. The Morgan fingerprint density at radius 2 is 2.00 bits per heavy atom.